The second-order valence-corrected chi connectivity index (χ2v) is 7.75. The molecule has 0 saturated heterocycles. The second kappa shape index (κ2) is 5.55. The van der Waals surface area contributed by atoms with E-state index < -0.39 is 0 Å². The predicted molar refractivity (Wildman–Crippen MR) is 111 cm³/mol. The fraction of sp³-hybridized carbons (Fsp3) is 0.0800. The SMILES string of the molecule is Clc1ccc(-c2c3c(nc4c2Cc2ccccc2-4)-c2ccccc2C3)cc1. The number of aromatic nitrogens is 1. The number of fused-ring (bicyclic) bond motifs is 6. The van der Waals surface area contributed by atoms with E-state index in [0.717, 1.165) is 29.3 Å². The van der Waals surface area contributed by atoms with Crippen LogP contribution in [0.1, 0.15) is 22.3 Å². The number of pyridine rings is 1. The van der Waals surface area contributed by atoms with E-state index in [4.69, 9.17) is 16.6 Å². The van der Waals surface area contributed by atoms with Crippen LogP contribution in [0.2, 0.25) is 5.02 Å². The lowest BCUT2D eigenvalue weighted by atomic mass is 9.92. The zero-order chi connectivity index (χ0) is 18.0. The normalized spacial score (nSPS) is 13.1. The summed E-state index contributed by atoms with van der Waals surface area (Å²) in [5, 5.41) is 0.771. The molecule has 0 unspecified atom stereocenters. The largest absolute Gasteiger partial charge is 0.247 e. The zero-order valence-electron chi connectivity index (χ0n) is 14.7. The lowest BCUT2D eigenvalue weighted by Crippen LogP contribution is -1.98. The topological polar surface area (TPSA) is 12.9 Å². The van der Waals surface area contributed by atoms with Crippen molar-refractivity contribution in [2.75, 3.05) is 0 Å². The summed E-state index contributed by atoms with van der Waals surface area (Å²) in [6.07, 6.45) is 1.89. The molecule has 6 rings (SSSR count). The highest BCUT2D eigenvalue weighted by Gasteiger charge is 2.31. The van der Waals surface area contributed by atoms with Crippen LogP contribution in [0.4, 0.5) is 0 Å². The molecule has 0 amide bonds. The summed E-state index contributed by atoms with van der Waals surface area (Å²) in [5.41, 5.74) is 12.9. The number of benzene rings is 3. The number of rotatable bonds is 1. The third kappa shape index (κ3) is 2.15. The number of hydrogen-bond donors (Lipinski definition) is 0. The summed E-state index contributed by atoms with van der Waals surface area (Å²) in [4.78, 5) is 5.19. The first-order valence-corrected chi connectivity index (χ1v) is 9.65. The molecular weight excluding hydrogens is 350 g/mol. The standard InChI is InChI=1S/C25H16ClN/c26-18-11-9-15(10-12-18)23-21-13-16-5-1-3-7-19(16)24(21)27-25-20-8-4-2-6-17(20)14-22(23)25/h1-12H,13-14H2. The highest BCUT2D eigenvalue weighted by Crippen LogP contribution is 2.48. The van der Waals surface area contributed by atoms with Gasteiger partial charge in [-0.15, -0.1) is 0 Å². The molecular formula is C25H16ClN. The smallest absolute Gasteiger partial charge is 0.0754 e. The van der Waals surface area contributed by atoms with Crippen molar-refractivity contribution < 1.29 is 0 Å². The van der Waals surface area contributed by atoms with Gasteiger partial charge in [0, 0.05) is 29.0 Å². The Kier molecular flexibility index (Phi) is 3.12. The van der Waals surface area contributed by atoms with E-state index in [9.17, 15) is 0 Å². The molecule has 2 aliphatic carbocycles. The van der Waals surface area contributed by atoms with E-state index >= 15 is 0 Å². The van der Waals surface area contributed by atoms with Gasteiger partial charge in [-0.05, 0) is 45.5 Å². The average Bonchev–Trinajstić information content (AvgIpc) is 3.25. The molecule has 0 fully saturated rings. The van der Waals surface area contributed by atoms with Gasteiger partial charge in [-0.25, -0.2) is 4.98 Å². The molecule has 0 saturated carbocycles. The summed E-state index contributed by atoms with van der Waals surface area (Å²) < 4.78 is 0. The van der Waals surface area contributed by atoms with Crippen LogP contribution in [0, 0.1) is 0 Å². The Labute approximate surface area is 163 Å². The second-order valence-electron chi connectivity index (χ2n) is 7.32. The molecule has 0 radical (unpaired) electrons. The molecule has 0 bridgehead atoms. The van der Waals surface area contributed by atoms with Gasteiger partial charge in [0.15, 0.2) is 0 Å². The van der Waals surface area contributed by atoms with Gasteiger partial charge in [0.1, 0.15) is 0 Å². The van der Waals surface area contributed by atoms with Gasteiger partial charge in [-0.2, -0.15) is 0 Å². The first-order valence-electron chi connectivity index (χ1n) is 9.28. The molecule has 1 aromatic heterocycles. The molecule has 0 spiro atoms. The number of nitrogens with zero attached hydrogens (tertiary/aromatic N) is 1. The molecule has 0 N–H and O–H groups in total. The molecule has 1 heterocycles. The fourth-order valence-electron chi connectivity index (χ4n) is 4.61. The van der Waals surface area contributed by atoms with Crippen LogP contribution < -0.4 is 0 Å². The third-order valence-corrected chi connectivity index (χ3v) is 6.06. The lowest BCUT2D eigenvalue weighted by molar-refractivity contribution is 1.18. The molecule has 0 atom stereocenters. The van der Waals surface area contributed by atoms with Crippen molar-refractivity contribution in [1.29, 1.82) is 0 Å². The maximum absolute atomic E-state index is 6.17. The van der Waals surface area contributed by atoms with Crippen molar-refractivity contribution in [1.82, 2.24) is 4.98 Å². The minimum absolute atomic E-state index is 0.771. The summed E-state index contributed by atoms with van der Waals surface area (Å²) >= 11 is 6.17. The molecule has 128 valence electrons. The molecule has 1 nitrogen and oxygen atoms in total. The summed E-state index contributed by atoms with van der Waals surface area (Å²) in [6, 6.07) is 25.6. The van der Waals surface area contributed by atoms with Crippen LogP contribution in [0.5, 0.6) is 0 Å². The quantitative estimate of drug-likeness (QED) is 0.322. The van der Waals surface area contributed by atoms with E-state index in [-0.39, 0.29) is 0 Å². The van der Waals surface area contributed by atoms with Crippen LogP contribution >= 0.6 is 11.6 Å². The fourth-order valence-corrected chi connectivity index (χ4v) is 4.74. The van der Waals surface area contributed by atoms with E-state index in [1.165, 1.54) is 44.5 Å². The summed E-state index contributed by atoms with van der Waals surface area (Å²) in [7, 11) is 0. The number of halogens is 1. The molecule has 4 aromatic rings. The van der Waals surface area contributed by atoms with Crippen molar-refractivity contribution in [2.45, 2.75) is 12.8 Å². The van der Waals surface area contributed by atoms with Gasteiger partial charge in [-0.1, -0.05) is 72.3 Å². The minimum atomic E-state index is 0.771. The molecule has 0 aliphatic heterocycles. The van der Waals surface area contributed by atoms with Crippen molar-refractivity contribution in [3.8, 4) is 33.6 Å². The highest BCUT2D eigenvalue weighted by atomic mass is 35.5. The zero-order valence-corrected chi connectivity index (χ0v) is 15.4. The molecule has 27 heavy (non-hydrogen) atoms. The van der Waals surface area contributed by atoms with E-state index in [1.54, 1.807) is 0 Å². The van der Waals surface area contributed by atoms with Crippen LogP contribution in [-0.2, 0) is 12.8 Å². The van der Waals surface area contributed by atoms with Crippen LogP contribution in [0.3, 0.4) is 0 Å². The van der Waals surface area contributed by atoms with E-state index in [2.05, 4.69) is 60.7 Å². The van der Waals surface area contributed by atoms with Gasteiger partial charge in [0.2, 0.25) is 0 Å². The van der Waals surface area contributed by atoms with Crippen molar-refractivity contribution in [3.05, 3.63) is 100 Å². The van der Waals surface area contributed by atoms with Gasteiger partial charge >= 0.3 is 0 Å². The monoisotopic (exact) mass is 365 g/mol. The molecule has 2 aliphatic rings. The Morgan fingerprint density at radius 2 is 1.15 bits per heavy atom. The maximum atomic E-state index is 6.17. The maximum Gasteiger partial charge on any atom is 0.0754 e. The van der Waals surface area contributed by atoms with Crippen molar-refractivity contribution in [2.24, 2.45) is 0 Å². The first-order chi connectivity index (χ1) is 13.3. The Morgan fingerprint density at radius 1 is 0.630 bits per heavy atom. The van der Waals surface area contributed by atoms with Crippen molar-refractivity contribution >= 4 is 11.6 Å². The summed E-state index contributed by atoms with van der Waals surface area (Å²) in [6.45, 7) is 0. The predicted octanol–water partition coefficient (Wildman–Crippen LogP) is 6.54. The van der Waals surface area contributed by atoms with Crippen LogP contribution in [0.15, 0.2) is 72.8 Å². The van der Waals surface area contributed by atoms with Crippen LogP contribution in [-0.4, -0.2) is 4.98 Å². The Morgan fingerprint density at radius 3 is 1.70 bits per heavy atom. The summed E-state index contributed by atoms with van der Waals surface area (Å²) in [5.74, 6) is 0. The average molecular weight is 366 g/mol. The molecule has 3 aromatic carbocycles. The molecule has 2 heteroatoms. The first kappa shape index (κ1) is 15.2. The van der Waals surface area contributed by atoms with Gasteiger partial charge in [-0.3, -0.25) is 0 Å². The lowest BCUT2D eigenvalue weighted by Gasteiger charge is -2.15. The number of hydrogen-bond acceptors (Lipinski definition) is 1. The Hall–Kier alpha value is -2.90. The van der Waals surface area contributed by atoms with Crippen LogP contribution in [0.25, 0.3) is 33.6 Å². The highest BCUT2D eigenvalue weighted by molar-refractivity contribution is 6.30. The minimum Gasteiger partial charge on any atom is -0.247 e. The third-order valence-electron chi connectivity index (χ3n) is 5.81. The van der Waals surface area contributed by atoms with Gasteiger partial charge in [0.25, 0.3) is 0 Å². The van der Waals surface area contributed by atoms with E-state index in [1.807, 2.05) is 12.1 Å². The van der Waals surface area contributed by atoms with Gasteiger partial charge in [0.05, 0.1) is 11.4 Å². The van der Waals surface area contributed by atoms with Gasteiger partial charge < -0.3 is 0 Å². The Balaban J connectivity index is 1.70. The Bertz CT molecular complexity index is 1150. The van der Waals surface area contributed by atoms with E-state index in [0.29, 0.717) is 0 Å². The van der Waals surface area contributed by atoms with Crippen molar-refractivity contribution in [3.63, 3.8) is 0 Å².